The molecule has 1 heterocycles. The van der Waals surface area contributed by atoms with E-state index in [-0.39, 0.29) is 36.6 Å². The molecule has 9 nitrogen and oxygen atoms in total. The molecule has 0 radical (unpaired) electrons. The van der Waals surface area contributed by atoms with E-state index in [1.54, 1.807) is 28.8 Å². The highest BCUT2D eigenvalue weighted by molar-refractivity contribution is 7.99. The number of carbonyl (C=O) groups is 3. The molecule has 10 heteroatoms. The maximum Gasteiger partial charge on any atom is 0.239 e. The first-order chi connectivity index (χ1) is 12.9. The van der Waals surface area contributed by atoms with E-state index in [1.165, 1.54) is 31.9 Å². The number of rotatable bonds is 8. The van der Waals surface area contributed by atoms with Crippen LogP contribution in [0, 0.1) is 0 Å². The van der Waals surface area contributed by atoms with Crippen LogP contribution in [0.5, 0.6) is 0 Å². The number of carbonyl (C=O) groups excluding carboxylic acids is 3. The summed E-state index contributed by atoms with van der Waals surface area (Å²) in [6, 6.07) is 6.75. The zero-order valence-electron chi connectivity index (χ0n) is 15.0. The molecule has 144 valence electrons. The predicted octanol–water partition coefficient (Wildman–Crippen LogP) is 0.811. The summed E-state index contributed by atoms with van der Waals surface area (Å²) in [5.41, 5.74) is 1.73. The number of hydrogen-bond acceptors (Lipinski definition) is 6. The Labute approximate surface area is 160 Å². The number of hydrogen-bond donors (Lipinski definition) is 4. The summed E-state index contributed by atoms with van der Waals surface area (Å²) in [5.74, 6) is -0.554. The van der Waals surface area contributed by atoms with E-state index >= 15 is 0 Å². The summed E-state index contributed by atoms with van der Waals surface area (Å²) < 4.78 is 1.57. The van der Waals surface area contributed by atoms with Crippen molar-refractivity contribution >= 4 is 40.9 Å². The van der Waals surface area contributed by atoms with Gasteiger partial charge in [-0.3, -0.25) is 14.4 Å². The molecule has 27 heavy (non-hydrogen) atoms. The SMILES string of the molecule is CNC(=O)Cn1c(CO)cnc1SCC(=O)Nc1ccc(NC(C)=O)cc1. The molecule has 0 spiro atoms. The lowest BCUT2D eigenvalue weighted by Crippen LogP contribution is -2.25. The van der Waals surface area contributed by atoms with Crippen LogP contribution >= 0.6 is 11.8 Å². The number of nitrogens with one attached hydrogen (secondary N) is 3. The molecule has 1 aromatic heterocycles. The van der Waals surface area contributed by atoms with Crippen molar-refractivity contribution in [1.29, 1.82) is 0 Å². The highest BCUT2D eigenvalue weighted by Crippen LogP contribution is 2.20. The van der Waals surface area contributed by atoms with Gasteiger partial charge in [-0.15, -0.1) is 0 Å². The molecule has 3 amide bonds. The number of aromatic nitrogens is 2. The van der Waals surface area contributed by atoms with Crippen LogP contribution in [0.25, 0.3) is 0 Å². The molecule has 0 fully saturated rings. The molecule has 0 aliphatic rings. The highest BCUT2D eigenvalue weighted by atomic mass is 32.2. The second kappa shape index (κ2) is 9.74. The average molecular weight is 391 g/mol. The van der Waals surface area contributed by atoms with Crippen LogP contribution in [0.4, 0.5) is 11.4 Å². The number of anilines is 2. The molecule has 4 N–H and O–H groups in total. The van der Waals surface area contributed by atoms with Crippen LogP contribution in [0.2, 0.25) is 0 Å². The number of imidazole rings is 1. The smallest absolute Gasteiger partial charge is 0.239 e. The Hall–Kier alpha value is -2.85. The first-order valence-corrected chi connectivity index (χ1v) is 9.07. The topological polar surface area (TPSA) is 125 Å². The van der Waals surface area contributed by atoms with Crippen LogP contribution in [0.15, 0.2) is 35.6 Å². The Bertz CT molecular complexity index is 819. The summed E-state index contributed by atoms with van der Waals surface area (Å²) in [6.45, 7) is 1.18. The van der Waals surface area contributed by atoms with Crippen molar-refractivity contribution in [2.45, 2.75) is 25.2 Å². The Morgan fingerprint density at radius 2 is 1.74 bits per heavy atom. The van der Waals surface area contributed by atoms with E-state index in [4.69, 9.17) is 0 Å². The minimum atomic E-state index is -0.253. The monoisotopic (exact) mass is 391 g/mol. The number of nitrogens with zero attached hydrogens (tertiary/aromatic N) is 2. The van der Waals surface area contributed by atoms with Gasteiger partial charge in [0.1, 0.15) is 6.54 Å². The largest absolute Gasteiger partial charge is 0.390 e. The third-order valence-electron chi connectivity index (χ3n) is 3.47. The van der Waals surface area contributed by atoms with Crippen molar-refractivity contribution in [3.8, 4) is 0 Å². The molecule has 0 aliphatic carbocycles. The molecule has 0 unspecified atom stereocenters. The maximum atomic E-state index is 12.1. The van der Waals surface area contributed by atoms with Crippen molar-refractivity contribution in [3.63, 3.8) is 0 Å². The van der Waals surface area contributed by atoms with Gasteiger partial charge >= 0.3 is 0 Å². The van der Waals surface area contributed by atoms with Crippen LogP contribution < -0.4 is 16.0 Å². The van der Waals surface area contributed by atoms with E-state index in [9.17, 15) is 19.5 Å². The van der Waals surface area contributed by atoms with Gasteiger partial charge in [0, 0.05) is 25.3 Å². The van der Waals surface area contributed by atoms with Crippen LogP contribution in [0.3, 0.4) is 0 Å². The molecule has 0 saturated heterocycles. The zero-order chi connectivity index (χ0) is 19.8. The van der Waals surface area contributed by atoms with Gasteiger partial charge in [-0.25, -0.2) is 4.98 Å². The number of amides is 3. The van der Waals surface area contributed by atoms with Crippen molar-refractivity contribution in [2.24, 2.45) is 0 Å². The fourth-order valence-corrected chi connectivity index (χ4v) is 2.99. The fourth-order valence-electron chi connectivity index (χ4n) is 2.19. The third kappa shape index (κ3) is 6.12. The van der Waals surface area contributed by atoms with Crippen LogP contribution in [-0.2, 0) is 27.5 Å². The average Bonchev–Trinajstić information content (AvgIpc) is 3.02. The number of likely N-dealkylation sites (N-methyl/N-ethyl adjacent to an activating group) is 1. The standard InChI is InChI=1S/C17H21N5O4S/c1-11(24)20-12-3-5-13(6-4-12)21-16(26)10-27-17-19-7-14(9-23)22(17)8-15(25)18-2/h3-7,23H,8-10H2,1-2H3,(H,18,25)(H,20,24)(H,21,26). The second-order valence-corrected chi connectivity index (χ2v) is 6.49. The molecule has 2 rings (SSSR count). The minimum Gasteiger partial charge on any atom is -0.390 e. The van der Waals surface area contributed by atoms with Crippen molar-refractivity contribution < 1.29 is 19.5 Å². The van der Waals surface area contributed by atoms with Crippen molar-refractivity contribution in [3.05, 3.63) is 36.2 Å². The molecule has 0 atom stereocenters. The third-order valence-corrected chi connectivity index (χ3v) is 4.46. The lowest BCUT2D eigenvalue weighted by Gasteiger charge is -2.10. The van der Waals surface area contributed by atoms with E-state index in [0.29, 0.717) is 22.2 Å². The molecule has 1 aromatic carbocycles. The summed E-state index contributed by atoms with van der Waals surface area (Å²) in [6.07, 6.45) is 1.48. The fraction of sp³-hybridized carbons (Fsp3) is 0.294. The van der Waals surface area contributed by atoms with Crippen LogP contribution in [-0.4, -0.2) is 45.2 Å². The molecule has 2 aromatic rings. The van der Waals surface area contributed by atoms with E-state index in [2.05, 4.69) is 20.9 Å². The number of aliphatic hydroxyl groups excluding tert-OH is 1. The molecule has 0 aliphatic heterocycles. The number of benzene rings is 1. The quantitative estimate of drug-likeness (QED) is 0.494. The van der Waals surface area contributed by atoms with Gasteiger partial charge in [0.05, 0.1) is 24.3 Å². The molecular weight excluding hydrogens is 370 g/mol. The Morgan fingerprint density at radius 1 is 1.11 bits per heavy atom. The summed E-state index contributed by atoms with van der Waals surface area (Å²) >= 11 is 1.17. The lowest BCUT2D eigenvalue weighted by atomic mass is 10.3. The van der Waals surface area contributed by atoms with Gasteiger partial charge < -0.3 is 25.6 Å². The first kappa shape index (κ1) is 20.5. The second-order valence-electron chi connectivity index (χ2n) is 5.54. The molecular formula is C17H21N5O4S. The van der Waals surface area contributed by atoms with Crippen molar-refractivity contribution in [1.82, 2.24) is 14.9 Å². The number of aliphatic hydroxyl groups is 1. The Kier molecular flexibility index (Phi) is 7.38. The maximum absolute atomic E-state index is 12.1. The van der Waals surface area contributed by atoms with Crippen molar-refractivity contribution in [2.75, 3.05) is 23.4 Å². The predicted molar refractivity (Wildman–Crippen MR) is 102 cm³/mol. The summed E-state index contributed by atoms with van der Waals surface area (Å²) in [4.78, 5) is 38.9. The zero-order valence-corrected chi connectivity index (χ0v) is 15.8. The summed E-state index contributed by atoms with van der Waals surface area (Å²) in [7, 11) is 1.52. The molecule has 0 bridgehead atoms. The van der Waals surface area contributed by atoms with Gasteiger partial charge in [0.25, 0.3) is 0 Å². The van der Waals surface area contributed by atoms with E-state index in [1.807, 2.05) is 0 Å². The van der Waals surface area contributed by atoms with E-state index in [0.717, 1.165) is 0 Å². The normalized spacial score (nSPS) is 10.3. The van der Waals surface area contributed by atoms with Crippen LogP contribution in [0.1, 0.15) is 12.6 Å². The summed E-state index contributed by atoms with van der Waals surface area (Å²) in [5, 5.41) is 17.7. The van der Waals surface area contributed by atoms with Gasteiger partial charge in [-0.2, -0.15) is 0 Å². The number of thioether (sulfide) groups is 1. The van der Waals surface area contributed by atoms with Gasteiger partial charge in [-0.1, -0.05) is 11.8 Å². The van der Waals surface area contributed by atoms with Gasteiger partial charge in [-0.05, 0) is 24.3 Å². The lowest BCUT2D eigenvalue weighted by molar-refractivity contribution is -0.121. The van der Waals surface area contributed by atoms with Gasteiger partial charge in [0.2, 0.25) is 17.7 Å². The minimum absolute atomic E-state index is 0.0148. The van der Waals surface area contributed by atoms with Gasteiger partial charge in [0.15, 0.2) is 5.16 Å². The highest BCUT2D eigenvalue weighted by Gasteiger charge is 2.14. The van der Waals surface area contributed by atoms with E-state index < -0.39 is 0 Å². The molecule has 0 saturated carbocycles. The Morgan fingerprint density at radius 3 is 2.30 bits per heavy atom. The Balaban J connectivity index is 1.94. The first-order valence-electron chi connectivity index (χ1n) is 8.09.